The van der Waals surface area contributed by atoms with Crippen LogP contribution >= 0.6 is 0 Å². The lowest BCUT2D eigenvalue weighted by Gasteiger charge is -2.09. The van der Waals surface area contributed by atoms with Crippen molar-refractivity contribution in [2.24, 2.45) is 0 Å². The van der Waals surface area contributed by atoms with Gasteiger partial charge in [-0.25, -0.2) is 4.98 Å². The second-order valence-corrected chi connectivity index (χ2v) is 3.33. The number of nitrogens with zero attached hydrogens (tertiary/aromatic N) is 2. The molecule has 2 aromatic rings. The molecule has 8 heteroatoms. The van der Waals surface area contributed by atoms with Crippen molar-refractivity contribution in [2.45, 2.75) is 0 Å². The van der Waals surface area contributed by atoms with Crippen LogP contribution in [0.25, 0.3) is 10.9 Å². The van der Waals surface area contributed by atoms with E-state index in [0.717, 1.165) is 0 Å². The number of carbonyl (C=O) groups excluding carboxylic acids is 1. The molecular weight excluding hydrogens is 240 g/mol. The summed E-state index contributed by atoms with van der Waals surface area (Å²) in [5.41, 5.74) is 1.61. The molecule has 2 aromatic heterocycles. The molecule has 18 heavy (non-hydrogen) atoms. The van der Waals surface area contributed by atoms with Gasteiger partial charge in [0.05, 0.1) is 0 Å². The van der Waals surface area contributed by atoms with E-state index in [0.29, 0.717) is 5.39 Å². The third kappa shape index (κ3) is 1.90. The van der Waals surface area contributed by atoms with Crippen LogP contribution in [0.3, 0.4) is 0 Å². The Kier molecular flexibility index (Phi) is 3.22. The molecule has 94 valence electrons. The van der Waals surface area contributed by atoms with Crippen molar-refractivity contribution in [1.29, 1.82) is 0 Å². The zero-order valence-electron chi connectivity index (χ0n) is 9.08. The third-order valence-corrected chi connectivity index (χ3v) is 2.30. The predicted octanol–water partition coefficient (Wildman–Crippen LogP) is -0.184. The summed E-state index contributed by atoms with van der Waals surface area (Å²) in [6, 6.07) is 3.17. The van der Waals surface area contributed by atoms with Gasteiger partial charge in [-0.15, -0.1) is 0 Å². The van der Waals surface area contributed by atoms with Crippen LogP contribution in [0, 0.1) is 0 Å². The molecule has 2 heterocycles. The van der Waals surface area contributed by atoms with Gasteiger partial charge in [0.25, 0.3) is 5.91 Å². The Morgan fingerprint density at radius 2 is 2.22 bits per heavy atom. The van der Waals surface area contributed by atoms with Crippen LogP contribution in [0.2, 0.25) is 0 Å². The van der Waals surface area contributed by atoms with Gasteiger partial charge in [-0.2, -0.15) is 0 Å². The van der Waals surface area contributed by atoms with E-state index in [1.54, 1.807) is 12.1 Å². The van der Waals surface area contributed by atoms with Crippen molar-refractivity contribution in [3.05, 3.63) is 24.0 Å². The summed E-state index contributed by atoms with van der Waals surface area (Å²) < 4.78 is 0. The molecule has 0 unspecified atom stereocenters. The fourth-order valence-corrected chi connectivity index (χ4v) is 1.52. The highest BCUT2D eigenvalue weighted by Crippen LogP contribution is 2.29. The monoisotopic (exact) mass is 250 g/mol. The molecule has 5 N–H and O–H groups in total. The first-order valence-electron chi connectivity index (χ1n) is 4.96. The number of amides is 1. The molecule has 0 aliphatic heterocycles. The smallest absolute Gasteiger partial charge is 0.275 e. The first-order valence-corrected chi connectivity index (χ1v) is 4.96. The van der Waals surface area contributed by atoms with Crippen LogP contribution in [0.5, 0.6) is 5.75 Å². The summed E-state index contributed by atoms with van der Waals surface area (Å²) in [4.78, 5) is 19.2. The molecule has 0 aromatic carbocycles. The molecule has 1 amide bonds. The SMILES string of the molecule is O=C(NCO)c1nc(NO)c2cccnc2c1O. The van der Waals surface area contributed by atoms with Gasteiger partial charge in [-0.1, -0.05) is 0 Å². The van der Waals surface area contributed by atoms with E-state index in [4.69, 9.17) is 10.3 Å². The molecule has 0 radical (unpaired) electrons. The van der Waals surface area contributed by atoms with Gasteiger partial charge in [0.15, 0.2) is 17.3 Å². The summed E-state index contributed by atoms with van der Waals surface area (Å²) >= 11 is 0. The number of aromatic nitrogens is 2. The quantitative estimate of drug-likeness (QED) is 0.377. The molecule has 0 atom stereocenters. The standard InChI is InChI=1S/C10H10N4O4/c15-4-12-10(17)7-8(16)6-5(2-1-3-11-6)9(13-7)14-18/h1-3,15-16,18H,4H2,(H,12,17)(H,13,14). The Hall–Kier alpha value is -2.45. The molecule has 2 rings (SSSR count). The molecule has 0 aliphatic rings. The maximum absolute atomic E-state index is 11.5. The van der Waals surface area contributed by atoms with Crippen molar-refractivity contribution < 1.29 is 20.2 Å². The lowest BCUT2D eigenvalue weighted by molar-refractivity contribution is 0.0902. The molecule has 0 spiro atoms. The van der Waals surface area contributed by atoms with Crippen LogP contribution in [0.4, 0.5) is 5.82 Å². The molecule has 0 saturated heterocycles. The van der Waals surface area contributed by atoms with E-state index in [1.807, 2.05) is 5.48 Å². The molecule has 8 nitrogen and oxygen atoms in total. The number of hydrogen-bond acceptors (Lipinski definition) is 7. The summed E-state index contributed by atoms with van der Waals surface area (Å²) in [6.07, 6.45) is 1.43. The number of rotatable bonds is 3. The summed E-state index contributed by atoms with van der Waals surface area (Å²) in [5.74, 6) is -1.21. The molecule has 0 bridgehead atoms. The van der Waals surface area contributed by atoms with Crippen molar-refractivity contribution in [2.75, 3.05) is 12.2 Å². The molecule has 0 aliphatic carbocycles. The first-order chi connectivity index (χ1) is 8.69. The second-order valence-electron chi connectivity index (χ2n) is 3.33. The van der Waals surface area contributed by atoms with Gasteiger partial charge in [0.2, 0.25) is 0 Å². The lowest BCUT2D eigenvalue weighted by atomic mass is 10.2. The summed E-state index contributed by atoms with van der Waals surface area (Å²) in [5, 5.41) is 29.9. The maximum atomic E-state index is 11.5. The van der Waals surface area contributed by atoms with E-state index in [2.05, 4.69) is 15.3 Å². The zero-order chi connectivity index (χ0) is 13.1. The van der Waals surface area contributed by atoms with Crippen LogP contribution in [0.15, 0.2) is 18.3 Å². The van der Waals surface area contributed by atoms with Crippen molar-refractivity contribution >= 4 is 22.6 Å². The minimum absolute atomic E-state index is 0.0148. The highest BCUT2D eigenvalue weighted by atomic mass is 16.5. The third-order valence-electron chi connectivity index (χ3n) is 2.30. The van der Waals surface area contributed by atoms with Crippen LogP contribution < -0.4 is 10.8 Å². The average molecular weight is 250 g/mol. The minimum Gasteiger partial charge on any atom is -0.504 e. The first kappa shape index (κ1) is 12.0. The van der Waals surface area contributed by atoms with Gasteiger partial charge in [0.1, 0.15) is 12.2 Å². The van der Waals surface area contributed by atoms with E-state index in [1.165, 1.54) is 6.20 Å². The highest BCUT2D eigenvalue weighted by Gasteiger charge is 2.19. The van der Waals surface area contributed by atoms with E-state index in [9.17, 15) is 9.90 Å². The van der Waals surface area contributed by atoms with Gasteiger partial charge in [0, 0.05) is 11.6 Å². The van der Waals surface area contributed by atoms with E-state index in [-0.39, 0.29) is 17.0 Å². The summed E-state index contributed by atoms with van der Waals surface area (Å²) in [7, 11) is 0. The van der Waals surface area contributed by atoms with Gasteiger partial charge < -0.3 is 15.5 Å². The average Bonchev–Trinajstić information content (AvgIpc) is 2.40. The number of anilines is 1. The Labute approximate surface area is 101 Å². The van der Waals surface area contributed by atoms with Crippen LogP contribution in [-0.4, -0.2) is 38.0 Å². The second kappa shape index (κ2) is 4.82. The van der Waals surface area contributed by atoms with Crippen molar-refractivity contribution in [3.63, 3.8) is 0 Å². The summed E-state index contributed by atoms with van der Waals surface area (Å²) in [6.45, 7) is -0.595. The van der Waals surface area contributed by atoms with Gasteiger partial charge in [-0.3, -0.25) is 20.5 Å². The Balaban J connectivity index is 2.69. The fraction of sp³-hybridized carbons (Fsp3) is 0.100. The normalized spacial score (nSPS) is 10.3. The predicted molar refractivity (Wildman–Crippen MR) is 61.2 cm³/mol. The number of nitrogens with one attached hydrogen (secondary N) is 2. The number of aliphatic hydroxyl groups excluding tert-OH is 1. The van der Waals surface area contributed by atoms with Crippen LogP contribution in [-0.2, 0) is 0 Å². The molecule has 0 saturated carbocycles. The highest BCUT2D eigenvalue weighted by molar-refractivity contribution is 6.03. The van der Waals surface area contributed by atoms with E-state index < -0.39 is 18.4 Å². The topological polar surface area (TPSA) is 128 Å². The van der Waals surface area contributed by atoms with Crippen LogP contribution in [0.1, 0.15) is 10.5 Å². The Morgan fingerprint density at radius 3 is 2.89 bits per heavy atom. The van der Waals surface area contributed by atoms with Gasteiger partial charge in [-0.05, 0) is 12.1 Å². The van der Waals surface area contributed by atoms with E-state index >= 15 is 0 Å². The number of pyridine rings is 2. The largest absolute Gasteiger partial charge is 0.504 e. The molecule has 0 fully saturated rings. The lowest BCUT2D eigenvalue weighted by Crippen LogP contribution is -2.25. The zero-order valence-corrected chi connectivity index (χ0v) is 9.08. The van der Waals surface area contributed by atoms with Gasteiger partial charge >= 0.3 is 0 Å². The number of fused-ring (bicyclic) bond motifs is 1. The Morgan fingerprint density at radius 1 is 1.44 bits per heavy atom. The number of hydrogen-bond donors (Lipinski definition) is 5. The maximum Gasteiger partial charge on any atom is 0.275 e. The number of aliphatic hydroxyl groups is 1. The minimum atomic E-state index is -0.779. The Bertz CT molecular complexity index is 602. The molecular formula is C10H10N4O4. The fourth-order valence-electron chi connectivity index (χ4n) is 1.52. The van der Waals surface area contributed by atoms with Crippen molar-refractivity contribution in [3.8, 4) is 5.75 Å². The van der Waals surface area contributed by atoms with Crippen molar-refractivity contribution in [1.82, 2.24) is 15.3 Å². The number of carbonyl (C=O) groups is 1. The number of aromatic hydroxyl groups is 1.